The Labute approximate surface area is 169 Å². The van der Waals surface area contributed by atoms with E-state index in [1.54, 1.807) is 4.90 Å². The molecule has 0 radical (unpaired) electrons. The van der Waals surface area contributed by atoms with Crippen molar-refractivity contribution in [3.63, 3.8) is 0 Å². The lowest BCUT2D eigenvalue weighted by Gasteiger charge is -2.31. The Kier molecular flexibility index (Phi) is 6.35. The number of anilines is 3. The lowest BCUT2D eigenvalue weighted by molar-refractivity contribution is -0.137. The lowest BCUT2D eigenvalue weighted by atomic mass is 10.1. The van der Waals surface area contributed by atoms with Crippen molar-refractivity contribution in [3.05, 3.63) is 41.9 Å². The smallest absolute Gasteiger partial charge is 0.416 e. The Morgan fingerprint density at radius 3 is 2.57 bits per heavy atom. The van der Waals surface area contributed by atoms with E-state index >= 15 is 0 Å². The second-order valence-corrected chi connectivity index (χ2v) is 6.24. The minimum Gasteiger partial charge on any atom is -0.451 e. The number of rotatable bonds is 5. The van der Waals surface area contributed by atoms with Gasteiger partial charge in [0.2, 0.25) is 0 Å². The summed E-state index contributed by atoms with van der Waals surface area (Å²) >= 11 is 0. The van der Waals surface area contributed by atoms with E-state index in [0.717, 1.165) is 12.1 Å². The fourth-order valence-corrected chi connectivity index (χ4v) is 2.78. The first kappa shape index (κ1) is 21.3. The number of nitrogens with two attached hydrogens (primary N) is 1. The first-order chi connectivity index (χ1) is 14.3. The van der Waals surface area contributed by atoms with Crippen LogP contribution in [0.25, 0.3) is 0 Å². The molecule has 2 heterocycles. The molecule has 1 fully saturated rings. The Morgan fingerprint density at radius 2 is 1.90 bits per heavy atom. The molecule has 1 saturated heterocycles. The van der Waals surface area contributed by atoms with Gasteiger partial charge in [-0.1, -0.05) is 0 Å². The zero-order valence-corrected chi connectivity index (χ0v) is 15.6. The second-order valence-electron chi connectivity index (χ2n) is 6.24. The summed E-state index contributed by atoms with van der Waals surface area (Å²) in [6, 6.07) is 3.07. The normalized spacial score (nSPS) is 14.3. The first-order valence-corrected chi connectivity index (χ1v) is 8.83. The quantitative estimate of drug-likeness (QED) is 0.695. The highest BCUT2D eigenvalue weighted by atomic mass is 19.4. The van der Waals surface area contributed by atoms with Crippen LogP contribution in [0.15, 0.2) is 30.6 Å². The van der Waals surface area contributed by atoms with Crippen LogP contribution in [0, 0.1) is 0 Å². The van der Waals surface area contributed by atoms with Crippen LogP contribution in [0.2, 0.25) is 0 Å². The Hall–Kier alpha value is -3.41. The molecule has 9 nitrogen and oxygen atoms in total. The van der Waals surface area contributed by atoms with Gasteiger partial charge in [-0.15, -0.1) is 0 Å². The van der Waals surface area contributed by atoms with Gasteiger partial charge in [0.05, 0.1) is 30.2 Å². The molecule has 30 heavy (non-hydrogen) atoms. The van der Waals surface area contributed by atoms with E-state index in [1.807, 2.05) is 0 Å². The molecular formula is C18H18F3N5O4. The van der Waals surface area contributed by atoms with Gasteiger partial charge in [0.15, 0.2) is 18.1 Å². The third-order valence-corrected chi connectivity index (χ3v) is 4.20. The molecule has 160 valence electrons. The molecule has 0 spiro atoms. The lowest BCUT2D eigenvalue weighted by Crippen LogP contribution is -2.37. The largest absolute Gasteiger partial charge is 0.451 e. The van der Waals surface area contributed by atoms with E-state index in [9.17, 15) is 22.8 Å². The van der Waals surface area contributed by atoms with Crippen molar-refractivity contribution in [3.8, 4) is 0 Å². The first-order valence-electron chi connectivity index (χ1n) is 8.83. The minimum atomic E-state index is -4.58. The number of nitrogens with zero attached hydrogens (tertiary/aromatic N) is 3. The van der Waals surface area contributed by atoms with Crippen LogP contribution in [0.5, 0.6) is 0 Å². The fourth-order valence-electron chi connectivity index (χ4n) is 2.78. The number of carbonyl (C=O) groups excluding carboxylic acids is 2. The number of nitrogens with one attached hydrogen (secondary N) is 1. The summed E-state index contributed by atoms with van der Waals surface area (Å²) in [4.78, 5) is 33.4. The van der Waals surface area contributed by atoms with Crippen LogP contribution in [0.4, 0.5) is 30.4 Å². The summed E-state index contributed by atoms with van der Waals surface area (Å²) < 4.78 is 49.4. The molecule has 1 aliphatic heterocycles. The van der Waals surface area contributed by atoms with Crippen molar-refractivity contribution in [2.75, 3.05) is 48.9 Å². The van der Waals surface area contributed by atoms with E-state index in [-0.39, 0.29) is 17.2 Å². The summed E-state index contributed by atoms with van der Waals surface area (Å²) in [6.45, 7) is 0.981. The molecular weight excluding hydrogens is 407 g/mol. The maximum Gasteiger partial charge on any atom is 0.416 e. The Morgan fingerprint density at radius 1 is 1.20 bits per heavy atom. The molecule has 0 saturated carbocycles. The number of nitrogen functional groups attached to an aromatic ring is 1. The van der Waals surface area contributed by atoms with Gasteiger partial charge >= 0.3 is 12.1 Å². The number of morpholine rings is 1. The molecule has 1 amide bonds. The molecule has 3 N–H and O–H groups in total. The summed E-state index contributed by atoms with van der Waals surface area (Å²) in [5.74, 6) is -1.97. The standard InChI is InChI=1S/C18H18F3N5O4/c19-18(20,21)11-1-2-13(26-5-7-29-8-6-26)12(9-11)25-14(27)10-30-17(28)15-16(22)24-4-3-23-15/h1-4,9H,5-8,10H2,(H2,22,24)(H,25,27). The van der Waals surface area contributed by atoms with Gasteiger partial charge in [-0.25, -0.2) is 14.8 Å². The molecule has 0 aliphatic carbocycles. The van der Waals surface area contributed by atoms with E-state index in [4.69, 9.17) is 15.2 Å². The van der Waals surface area contributed by atoms with Gasteiger partial charge in [-0.2, -0.15) is 13.2 Å². The van der Waals surface area contributed by atoms with Crippen molar-refractivity contribution in [1.82, 2.24) is 9.97 Å². The Balaban J connectivity index is 1.73. The third kappa shape index (κ3) is 5.14. The molecule has 3 rings (SSSR count). The highest BCUT2D eigenvalue weighted by molar-refractivity contribution is 5.98. The maximum absolute atomic E-state index is 13.1. The monoisotopic (exact) mass is 425 g/mol. The predicted molar refractivity (Wildman–Crippen MR) is 99.8 cm³/mol. The average molecular weight is 425 g/mol. The van der Waals surface area contributed by atoms with Crippen molar-refractivity contribution in [2.45, 2.75) is 6.18 Å². The van der Waals surface area contributed by atoms with Gasteiger partial charge < -0.3 is 25.4 Å². The molecule has 1 aromatic heterocycles. The topological polar surface area (TPSA) is 120 Å². The molecule has 1 aliphatic rings. The van der Waals surface area contributed by atoms with Crippen LogP contribution in [-0.4, -0.2) is 54.8 Å². The van der Waals surface area contributed by atoms with E-state index in [0.29, 0.717) is 32.0 Å². The molecule has 2 aromatic rings. The maximum atomic E-state index is 13.1. The van der Waals surface area contributed by atoms with Gasteiger partial charge in [0.25, 0.3) is 5.91 Å². The van der Waals surface area contributed by atoms with Crippen LogP contribution in [-0.2, 0) is 20.4 Å². The number of amides is 1. The van der Waals surface area contributed by atoms with Crippen LogP contribution in [0.3, 0.4) is 0 Å². The number of hydrogen-bond acceptors (Lipinski definition) is 8. The molecule has 0 bridgehead atoms. The minimum absolute atomic E-state index is 0.0493. The van der Waals surface area contributed by atoms with Crippen molar-refractivity contribution in [2.24, 2.45) is 0 Å². The van der Waals surface area contributed by atoms with Crippen LogP contribution >= 0.6 is 0 Å². The molecule has 0 atom stereocenters. The number of alkyl halides is 3. The van der Waals surface area contributed by atoms with Gasteiger partial charge in [0.1, 0.15) is 0 Å². The number of esters is 1. The number of hydrogen-bond donors (Lipinski definition) is 2. The van der Waals surface area contributed by atoms with E-state index < -0.39 is 30.2 Å². The number of benzene rings is 1. The summed E-state index contributed by atoms with van der Waals surface area (Å²) in [6.07, 6.45) is -2.08. The summed E-state index contributed by atoms with van der Waals surface area (Å²) in [7, 11) is 0. The van der Waals surface area contributed by atoms with Gasteiger partial charge in [-0.05, 0) is 18.2 Å². The number of carbonyl (C=O) groups is 2. The molecule has 1 aromatic carbocycles. The zero-order valence-electron chi connectivity index (χ0n) is 15.6. The molecule has 12 heteroatoms. The number of aromatic nitrogens is 2. The number of ether oxygens (including phenoxy) is 2. The third-order valence-electron chi connectivity index (χ3n) is 4.20. The Bertz CT molecular complexity index is 932. The van der Waals surface area contributed by atoms with E-state index in [2.05, 4.69) is 15.3 Å². The highest BCUT2D eigenvalue weighted by Crippen LogP contribution is 2.35. The summed E-state index contributed by atoms with van der Waals surface area (Å²) in [5, 5.41) is 2.38. The zero-order chi connectivity index (χ0) is 21.7. The summed E-state index contributed by atoms with van der Waals surface area (Å²) in [5.41, 5.74) is 4.69. The average Bonchev–Trinajstić information content (AvgIpc) is 2.72. The number of halogens is 3. The van der Waals surface area contributed by atoms with Gasteiger partial charge in [0, 0.05) is 25.5 Å². The fraction of sp³-hybridized carbons (Fsp3) is 0.333. The predicted octanol–water partition coefficient (Wildman–Crippen LogP) is 1.71. The second kappa shape index (κ2) is 8.95. The van der Waals surface area contributed by atoms with Crippen LogP contribution < -0.4 is 16.0 Å². The SMILES string of the molecule is Nc1nccnc1C(=O)OCC(=O)Nc1cc(C(F)(F)F)ccc1N1CCOCC1. The van der Waals surface area contributed by atoms with Crippen molar-refractivity contribution >= 4 is 29.1 Å². The molecule has 0 unspecified atom stereocenters. The highest BCUT2D eigenvalue weighted by Gasteiger charge is 2.32. The van der Waals surface area contributed by atoms with Crippen molar-refractivity contribution < 1.29 is 32.2 Å². The van der Waals surface area contributed by atoms with Crippen LogP contribution in [0.1, 0.15) is 16.1 Å². The van der Waals surface area contributed by atoms with Gasteiger partial charge in [-0.3, -0.25) is 4.79 Å². The van der Waals surface area contributed by atoms with Crippen molar-refractivity contribution in [1.29, 1.82) is 0 Å². The van der Waals surface area contributed by atoms with E-state index in [1.165, 1.54) is 18.5 Å².